The van der Waals surface area contributed by atoms with Crippen molar-refractivity contribution in [2.24, 2.45) is 0 Å². The highest BCUT2D eigenvalue weighted by atomic mass is 35.5. The first-order valence-electron chi connectivity index (χ1n) is 1.66. The summed E-state index contributed by atoms with van der Waals surface area (Å²) in [5, 5.41) is 8.56. The minimum Gasteiger partial charge on any atom is -0.548 e. The molecule has 2 nitrogen and oxygen atoms in total. The smallest absolute Gasteiger partial charge is 0.0908 e. The molecule has 0 aromatic carbocycles. The Morgan fingerprint density at radius 1 is 2.00 bits per heavy atom. The van der Waals surface area contributed by atoms with Crippen LogP contribution < -0.4 is 5.11 Å². The first-order chi connectivity index (χ1) is 3.18. The van der Waals surface area contributed by atoms with Gasteiger partial charge in [-0.2, -0.15) is 0 Å². The number of carboxylic acid groups (broad SMARTS) is 1. The van der Waals surface area contributed by atoms with E-state index in [4.69, 9.17) is 11.6 Å². The second kappa shape index (κ2) is 2.64. The van der Waals surface area contributed by atoms with Gasteiger partial charge in [0.1, 0.15) is 0 Å². The van der Waals surface area contributed by atoms with Crippen LogP contribution in [0.15, 0.2) is 12.7 Å². The average Bonchev–Trinajstić information content (AvgIpc) is 1.65. The molecule has 0 bridgehead atoms. The Bertz CT molecular complexity index is 89.7. The molecule has 0 spiro atoms. The second-order valence-corrected chi connectivity index (χ2v) is 1.43. The lowest BCUT2D eigenvalue weighted by Crippen LogP contribution is -2.30. The van der Waals surface area contributed by atoms with Crippen LogP contribution in [-0.2, 0) is 4.79 Å². The van der Waals surface area contributed by atoms with E-state index in [0.717, 1.165) is 6.08 Å². The molecule has 0 saturated carbocycles. The Labute approximate surface area is 46.4 Å². The number of carbonyl (C=O) groups is 1. The maximum Gasteiger partial charge on any atom is 0.0908 e. The molecule has 0 aliphatic heterocycles. The molecular weight excluding hydrogens is 115 g/mol. The maximum atomic E-state index is 9.62. The number of rotatable bonds is 2. The van der Waals surface area contributed by atoms with Crippen LogP contribution in [0.1, 0.15) is 0 Å². The minimum atomic E-state index is -1.31. The minimum absolute atomic E-state index is 1.06. The number of carboxylic acids is 1. The van der Waals surface area contributed by atoms with E-state index in [0.29, 0.717) is 0 Å². The van der Waals surface area contributed by atoms with Gasteiger partial charge in [0.05, 0.1) is 11.3 Å². The quantitative estimate of drug-likeness (QED) is 0.364. The Kier molecular flexibility index (Phi) is 2.45. The molecule has 40 valence electrons. The fourth-order valence-electron chi connectivity index (χ4n) is 0.0962. The summed E-state index contributed by atoms with van der Waals surface area (Å²) in [5.41, 5.74) is 0. The van der Waals surface area contributed by atoms with Gasteiger partial charge in [0.25, 0.3) is 0 Å². The lowest BCUT2D eigenvalue weighted by molar-refractivity contribution is -0.303. The summed E-state index contributed by atoms with van der Waals surface area (Å²) in [6.45, 7) is 3.13. The third kappa shape index (κ3) is 2.23. The van der Waals surface area contributed by atoms with Crippen LogP contribution in [0.5, 0.6) is 0 Å². The summed E-state index contributed by atoms with van der Waals surface area (Å²) in [7, 11) is 0. The first-order valence-corrected chi connectivity index (χ1v) is 2.09. The SMILES string of the molecule is C=CC(Cl)C(=O)[O-]. The molecule has 0 fully saturated rings. The van der Waals surface area contributed by atoms with Gasteiger partial charge in [-0.3, -0.25) is 0 Å². The van der Waals surface area contributed by atoms with E-state index in [9.17, 15) is 9.90 Å². The third-order valence-electron chi connectivity index (χ3n) is 0.432. The fourth-order valence-corrected chi connectivity index (χ4v) is 0.0962. The summed E-state index contributed by atoms with van der Waals surface area (Å²) in [6.07, 6.45) is 1.09. The van der Waals surface area contributed by atoms with Gasteiger partial charge in [-0.25, -0.2) is 0 Å². The largest absolute Gasteiger partial charge is 0.548 e. The summed E-state index contributed by atoms with van der Waals surface area (Å²) in [4.78, 5) is 9.62. The standard InChI is InChI=1S/C4H5ClO2/c1-2-3(5)4(6)7/h2-3H,1H2,(H,6,7)/p-1. The van der Waals surface area contributed by atoms with E-state index in [1.807, 2.05) is 0 Å². The molecule has 0 N–H and O–H groups in total. The van der Waals surface area contributed by atoms with Crippen LogP contribution in [-0.4, -0.2) is 11.3 Å². The highest BCUT2D eigenvalue weighted by Crippen LogP contribution is 1.91. The van der Waals surface area contributed by atoms with E-state index in [2.05, 4.69) is 6.58 Å². The molecule has 1 unspecified atom stereocenters. The normalized spacial score (nSPS) is 12.7. The van der Waals surface area contributed by atoms with Gasteiger partial charge in [-0.15, -0.1) is 18.2 Å². The van der Waals surface area contributed by atoms with E-state index >= 15 is 0 Å². The van der Waals surface area contributed by atoms with Crippen LogP contribution in [0.2, 0.25) is 0 Å². The molecule has 0 rings (SSSR count). The molecule has 0 radical (unpaired) electrons. The highest BCUT2D eigenvalue weighted by molar-refractivity contribution is 6.30. The van der Waals surface area contributed by atoms with Gasteiger partial charge >= 0.3 is 0 Å². The van der Waals surface area contributed by atoms with Crippen LogP contribution in [0.3, 0.4) is 0 Å². The van der Waals surface area contributed by atoms with Crippen LogP contribution in [0.25, 0.3) is 0 Å². The predicted molar refractivity (Wildman–Crippen MR) is 24.8 cm³/mol. The topological polar surface area (TPSA) is 40.1 Å². The van der Waals surface area contributed by atoms with Gasteiger partial charge < -0.3 is 9.90 Å². The molecule has 1 atom stereocenters. The molecule has 7 heavy (non-hydrogen) atoms. The van der Waals surface area contributed by atoms with Crippen LogP contribution in [0, 0.1) is 0 Å². The van der Waals surface area contributed by atoms with Crippen molar-refractivity contribution in [1.82, 2.24) is 0 Å². The van der Waals surface area contributed by atoms with Crippen molar-refractivity contribution in [3.05, 3.63) is 12.7 Å². The van der Waals surface area contributed by atoms with Crippen molar-refractivity contribution in [3.8, 4) is 0 Å². The number of aliphatic carboxylic acids is 1. The molecule has 0 aromatic heterocycles. The summed E-state index contributed by atoms with van der Waals surface area (Å²) >= 11 is 5.02. The van der Waals surface area contributed by atoms with Crippen molar-refractivity contribution in [3.63, 3.8) is 0 Å². The zero-order valence-electron chi connectivity index (χ0n) is 3.56. The molecule has 0 aromatic rings. The average molecular weight is 120 g/mol. The van der Waals surface area contributed by atoms with E-state index in [1.165, 1.54) is 0 Å². The van der Waals surface area contributed by atoms with Gasteiger partial charge in [0.2, 0.25) is 0 Å². The number of hydrogen-bond donors (Lipinski definition) is 0. The zero-order valence-corrected chi connectivity index (χ0v) is 4.31. The van der Waals surface area contributed by atoms with Crippen molar-refractivity contribution in [2.75, 3.05) is 0 Å². The van der Waals surface area contributed by atoms with E-state index in [1.54, 1.807) is 0 Å². The Hall–Kier alpha value is -0.500. The molecule has 0 aliphatic rings. The van der Waals surface area contributed by atoms with Crippen molar-refractivity contribution in [1.29, 1.82) is 0 Å². The third-order valence-corrected chi connectivity index (χ3v) is 0.788. The Morgan fingerprint density at radius 2 is 2.43 bits per heavy atom. The first kappa shape index (κ1) is 6.50. The Balaban J connectivity index is 3.55. The second-order valence-electron chi connectivity index (χ2n) is 0.957. The number of halogens is 1. The van der Waals surface area contributed by atoms with E-state index < -0.39 is 11.3 Å². The summed E-state index contributed by atoms with van der Waals surface area (Å²) in [6, 6.07) is 0. The lowest BCUT2D eigenvalue weighted by Gasteiger charge is -2.00. The van der Waals surface area contributed by atoms with Crippen LogP contribution in [0.4, 0.5) is 0 Å². The van der Waals surface area contributed by atoms with Crippen molar-refractivity contribution >= 4 is 17.6 Å². The number of carbonyl (C=O) groups excluding carboxylic acids is 1. The summed E-state index contributed by atoms with van der Waals surface area (Å²) < 4.78 is 0. The molecule has 0 saturated heterocycles. The van der Waals surface area contributed by atoms with Gasteiger partial charge in [-0.1, -0.05) is 6.08 Å². The van der Waals surface area contributed by atoms with Crippen molar-refractivity contribution in [2.45, 2.75) is 5.38 Å². The predicted octanol–water partition coefficient (Wildman–Crippen LogP) is -0.470. The number of hydrogen-bond acceptors (Lipinski definition) is 2. The molecule has 3 heteroatoms. The monoisotopic (exact) mass is 119 g/mol. The molecule has 0 aliphatic carbocycles. The number of alkyl halides is 1. The zero-order chi connectivity index (χ0) is 5.86. The lowest BCUT2D eigenvalue weighted by atomic mass is 10.4. The maximum absolute atomic E-state index is 9.62. The summed E-state index contributed by atoms with van der Waals surface area (Å²) in [5.74, 6) is -1.31. The van der Waals surface area contributed by atoms with Crippen molar-refractivity contribution < 1.29 is 9.90 Å². The van der Waals surface area contributed by atoms with Gasteiger partial charge in [-0.05, 0) is 0 Å². The Morgan fingerprint density at radius 3 is 2.43 bits per heavy atom. The highest BCUT2D eigenvalue weighted by Gasteiger charge is 1.94. The molecule has 0 heterocycles. The molecule has 0 amide bonds. The fraction of sp³-hybridized carbons (Fsp3) is 0.250. The van der Waals surface area contributed by atoms with Gasteiger partial charge in [0.15, 0.2) is 0 Å². The molecular formula is C4H4ClO2-. The van der Waals surface area contributed by atoms with Crippen LogP contribution >= 0.6 is 11.6 Å². The van der Waals surface area contributed by atoms with Gasteiger partial charge in [0, 0.05) is 0 Å². The van der Waals surface area contributed by atoms with E-state index in [-0.39, 0.29) is 0 Å².